The Morgan fingerprint density at radius 2 is 1.19 bits per heavy atom. The quantitative estimate of drug-likeness (QED) is 0.0915. The number of rotatable bonds is 13. The number of aromatic nitrogens is 1. The van der Waals surface area contributed by atoms with E-state index in [4.69, 9.17) is 21.1 Å². The number of aryl methyl sites for hydroxylation is 1. The van der Waals surface area contributed by atoms with Crippen molar-refractivity contribution in [3.8, 4) is 28.4 Å². The summed E-state index contributed by atoms with van der Waals surface area (Å²) < 4.78 is 96.0. The van der Waals surface area contributed by atoms with Crippen LogP contribution in [0.1, 0.15) is 57.3 Å². The predicted octanol–water partition coefficient (Wildman–Crippen LogP) is 12.6. The summed E-state index contributed by atoms with van der Waals surface area (Å²) in [6.45, 7) is 2.26. The number of ether oxygens (including phenoxy) is 2. The van der Waals surface area contributed by atoms with Gasteiger partial charge in [0.15, 0.2) is 5.78 Å². The standard InChI is InChI=1S/C25H16BrClF3NO3.C18H14BrF3O3/c1-13-2-6-23(31(13)16-4-5-20(27)17(11-16)25(32)33)18-8-14(26)3-7-24(18)34-12-19-21(29)9-15(28)10-22(19)30;1-10(23)2-4-17(24)13-6-11(19)3-5-18(13)25-9-14-15(21)7-12(20)8-16(14)22/h2-11H,12H2,1H3,(H,32,33);3,5-8H,2,4,9H2,1H3. The van der Waals surface area contributed by atoms with Crippen molar-refractivity contribution in [2.45, 2.75) is 39.9 Å². The van der Waals surface area contributed by atoms with E-state index in [1.165, 1.54) is 31.2 Å². The number of hydrogen-bond donors (Lipinski definition) is 1. The van der Waals surface area contributed by atoms with Gasteiger partial charge in [0.25, 0.3) is 0 Å². The Balaban J connectivity index is 0.000000236. The van der Waals surface area contributed by atoms with Crippen LogP contribution in [0.5, 0.6) is 11.5 Å². The molecule has 0 amide bonds. The highest BCUT2D eigenvalue weighted by Gasteiger charge is 2.20. The van der Waals surface area contributed by atoms with Gasteiger partial charge in [0.2, 0.25) is 0 Å². The van der Waals surface area contributed by atoms with E-state index in [0.29, 0.717) is 51.4 Å². The number of carbonyl (C=O) groups excluding carboxylic acids is 2. The van der Waals surface area contributed by atoms with E-state index in [2.05, 4.69) is 31.9 Å². The molecule has 6 rings (SSSR count). The number of hydrogen-bond acceptors (Lipinski definition) is 5. The highest BCUT2D eigenvalue weighted by molar-refractivity contribution is 9.10. The van der Waals surface area contributed by atoms with Crippen LogP contribution < -0.4 is 9.47 Å². The van der Waals surface area contributed by atoms with Crippen molar-refractivity contribution in [2.24, 2.45) is 0 Å². The van der Waals surface area contributed by atoms with E-state index in [9.17, 15) is 45.8 Å². The van der Waals surface area contributed by atoms with Crippen LogP contribution in [0, 0.1) is 41.8 Å². The van der Waals surface area contributed by atoms with Crippen LogP contribution in [0.3, 0.4) is 0 Å². The summed E-state index contributed by atoms with van der Waals surface area (Å²) in [6.07, 6.45) is 0.0907. The normalized spacial score (nSPS) is 10.8. The van der Waals surface area contributed by atoms with Gasteiger partial charge in [-0.2, -0.15) is 0 Å². The van der Waals surface area contributed by atoms with Gasteiger partial charge in [-0.1, -0.05) is 43.5 Å². The van der Waals surface area contributed by atoms with E-state index >= 15 is 0 Å². The zero-order valence-electron chi connectivity index (χ0n) is 30.8. The van der Waals surface area contributed by atoms with Gasteiger partial charge >= 0.3 is 5.97 Å². The van der Waals surface area contributed by atoms with E-state index in [1.807, 2.05) is 23.6 Å². The molecule has 0 saturated heterocycles. The van der Waals surface area contributed by atoms with Gasteiger partial charge in [-0.3, -0.25) is 4.79 Å². The molecule has 0 radical (unpaired) electrons. The van der Waals surface area contributed by atoms with E-state index in [0.717, 1.165) is 10.2 Å². The number of halogens is 9. The van der Waals surface area contributed by atoms with Crippen molar-refractivity contribution in [1.82, 2.24) is 4.57 Å². The maximum Gasteiger partial charge on any atom is 0.337 e. The Labute approximate surface area is 355 Å². The van der Waals surface area contributed by atoms with Crippen LogP contribution in [0.25, 0.3) is 16.9 Å². The van der Waals surface area contributed by atoms with Gasteiger partial charge in [0, 0.05) is 63.0 Å². The highest BCUT2D eigenvalue weighted by atomic mass is 79.9. The minimum atomic E-state index is -1.16. The van der Waals surface area contributed by atoms with Crippen LogP contribution >= 0.6 is 43.5 Å². The molecular weight excluding hydrogens is 936 g/mol. The number of carbonyl (C=O) groups is 3. The molecule has 59 heavy (non-hydrogen) atoms. The van der Waals surface area contributed by atoms with Gasteiger partial charge in [-0.25, -0.2) is 31.1 Å². The zero-order chi connectivity index (χ0) is 43.1. The molecule has 1 heterocycles. The number of carboxylic acid groups (broad SMARTS) is 1. The minimum Gasteiger partial charge on any atom is -0.488 e. The topological polar surface area (TPSA) is 94.8 Å². The maximum absolute atomic E-state index is 14.1. The summed E-state index contributed by atoms with van der Waals surface area (Å²) in [5.41, 5.74) is 1.89. The van der Waals surface area contributed by atoms with Crippen molar-refractivity contribution >= 4 is 61.0 Å². The second-order valence-electron chi connectivity index (χ2n) is 12.8. The van der Waals surface area contributed by atoms with E-state index < -0.39 is 65.2 Å². The summed E-state index contributed by atoms with van der Waals surface area (Å²) in [6, 6.07) is 20.3. The average Bonchev–Trinajstić information content (AvgIpc) is 3.55. The number of benzene rings is 5. The van der Waals surface area contributed by atoms with Gasteiger partial charge in [0.05, 0.1) is 33.0 Å². The SMILES string of the molecule is CC(=O)CCC(=O)c1cc(Br)ccc1OCc1c(F)cc(F)cc1F.Cc1ccc(-c2cc(Br)ccc2OCc2c(F)cc(F)cc2F)n1-c1ccc(Cl)c(C(=O)O)c1. The van der Waals surface area contributed by atoms with Crippen LogP contribution in [-0.2, 0) is 18.0 Å². The summed E-state index contributed by atoms with van der Waals surface area (Å²) in [4.78, 5) is 34.9. The maximum atomic E-state index is 14.1. The molecule has 0 aliphatic carbocycles. The number of ketones is 2. The first kappa shape index (κ1) is 44.7. The molecule has 306 valence electrons. The van der Waals surface area contributed by atoms with Gasteiger partial charge in [-0.05, 0) is 80.6 Å². The van der Waals surface area contributed by atoms with Crippen molar-refractivity contribution in [3.05, 3.63) is 168 Å². The Hall–Kier alpha value is -5.38. The summed E-state index contributed by atoms with van der Waals surface area (Å²) in [7, 11) is 0. The lowest BCUT2D eigenvalue weighted by molar-refractivity contribution is -0.117. The van der Waals surface area contributed by atoms with Crippen molar-refractivity contribution < 1.29 is 55.3 Å². The first-order valence-corrected chi connectivity index (χ1v) is 19.3. The van der Waals surface area contributed by atoms with Gasteiger partial charge in [0.1, 0.15) is 65.4 Å². The molecule has 5 aromatic carbocycles. The summed E-state index contributed by atoms with van der Waals surface area (Å²) in [5.74, 6) is -7.44. The van der Waals surface area contributed by atoms with E-state index in [-0.39, 0.29) is 46.3 Å². The molecule has 1 aromatic heterocycles. The predicted molar refractivity (Wildman–Crippen MR) is 215 cm³/mol. The number of carboxylic acids is 1. The van der Waals surface area contributed by atoms with Crippen LogP contribution in [0.2, 0.25) is 5.02 Å². The molecule has 0 atom stereocenters. The third kappa shape index (κ3) is 11.2. The van der Waals surface area contributed by atoms with Crippen molar-refractivity contribution in [1.29, 1.82) is 0 Å². The first-order chi connectivity index (χ1) is 27.9. The fourth-order valence-corrected chi connectivity index (χ4v) is 6.65. The van der Waals surface area contributed by atoms with Crippen LogP contribution in [0.4, 0.5) is 26.3 Å². The molecule has 7 nitrogen and oxygen atoms in total. The van der Waals surface area contributed by atoms with Gasteiger partial charge in [-0.15, -0.1) is 0 Å². The van der Waals surface area contributed by atoms with Crippen LogP contribution in [-0.4, -0.2) is 27.2 Å². The molecule has 6 aromatic rings. The Kier molecular flexibility index (Phi) is 14.8. The molecule has 0 fully saturated rings. The molecule has 0 bridgehead atoms. The minimum absolute atomic E-state index is 0.00141. The molecule has 0 saturated carbocycles. The van der Waals surface area contributed by atoms with Crippen LogP contribution in [0.15, 0.2) is 99.9 Å². The van der Waals surface area contributed by atoms with E-state index in [1.54, 1.807) is 30.3 Å². The molecule has 0 spiro atoms. The summed E-state index contributed by atoms with van der Waals surface area (Å²) in [5, 5.41) is 9.57. The highest BCUT2D eigenvalue weighted by Crippen LogP contribution is 2.37. The molecule has 0 aliphatic rings. The van der Waals surface area contributed by atoms with Crippen molar-refractivity contribution in [3.63, 3.8) is 0 Å². The second-order valence-corrected chi connectivity index (χ2v) is 15.1. The molecule has 0 unspecified atom stereocenters. The number of aromatic carboxylic acids is 1. The molecule has 0 aliphatic heterocycles. The molecular formula is C43H30Br2ClF6NO6. The fourth-order valence-electron chi connectivity index (χ4n) is 5.73. The third-order valence-electron chi connectivity index (χ3n) is 8.63. The Bertz CT molecular complexity index is 2540. The average molecular weight is 966 g/mol. The molecule has 16 heteroatoms. The third-order valence-corrected chi connectivity index (χ3v) is 9.95. The Morgan fingerprint density at radius 1 is 0.661 bits per heavy atom. The second kappa shape index (κ2) is 19.6. The lowest BCUT2D eigenvalue weighted by Crippen LogP contribution is -2.08. The molecule has 1 N–H and O–H groups in total. The largest absolute Gasteiger partial charge is 0.488 e. The Morgan fingerprint density at radius 3 is 1.73 bits per heavy atom. The summed E-state index contributed by atoms with van der Waals surface area (Å²) >= 11 is 12.7. The van der Waals surface area contributed by atoms with Gasteiger partial charge < -0.3 is 23.9 Å². The lowest BCUT2D eigenvalue weighted by Gasteiger charge is -2.17. The smallest absolute Gasteiger partial charge is 0.337 e. The number of Topliss-reactive ketones (excluding diaryl/α,β-unsaturated/α-hetero) is 2. The monoisotopic (exact) mass is 963 g/mol. The first-order valence-electron chi connectivity index (χ1n) is 17.3. The fraction of sp³-hybridized carbons (Fsp3) is 0.140. The zero-order valence-corrected chi connectivity index (χ0v) is 34.8. The lowest BCUT2D eigenvalue weighted by atomic mass is 10.0. The van der Waals surface area contributed by atoms with Crippen molar-refractivity contribution in [2.75, 3.05) is 0 Å². The number of nitrogens with zero attached hydrogens (tertiary/aromatic N) is 1.